The fourth-order valence-corrected chi connectivity index (χ4v) is 7.34. The topological polar surface area (TPSA) is 0 Å². The Balaban J connectivity index is 2.48. The van der Waals surface area contributed by atoms with Crippen LogP contribution in [0.4, 0.5) is 8.78 Å². The third-order valence-corrected chi connectivity index (χ3v) is 12.5. The van der Waals surface area contributed by atoms with Crippen LogP contribution in [0.25, 0.3) is 0 Å². The van der Waals surface area contributed by atoms with Gasteiger partial charge in [0.25, 0.3) is 0 Å². The van der Waals surface area contributed by atoms with Crippen LogP contribution in [-0.4, -0.2) is 0 Å². The smallest absolute Gasteiger partial charge is 0.175 e. The molecule has 0 radical (unpaired) electrons. The van der Waals surface area contributed by atoms with E-state index >= 15 is 0 Å². The Labute approximate surface area is 204 Å². The Bertz CT molecular complexity index is 707. The maximum absolute atomic E-state index is 14.0. The summed E-state index contributed by atoms with van der Waals surface area (Å²) in [7, 11) is 0. The lowest BCUT2D eigenvalue weighted by Crippen LogP contribution is -2.02. The molecule has 0 atom stereocenters. The quantitative estimate of drug-likeness (QED) is 0.213. The highest BCUT2D eigenvalue weighted by molar-refractivity contribution is 9.16. The van der Waals surface area contributed by atoms with Gasteiger partial charge in [-0.3, -0.25) is 0 Å². The molecule has 0 nitrogen and oxygen atoms in total. The summed E-state index contributed by atoms with van der Waals surface area (Å²) in [6, 6.07) is 0. The van der Waals surface area contributed by atoms with Gasteiger partial charge in [0, 0.05) is 26.8 Å². The van der Waals surface area contributed by atoms with E-state index in [1.54, 1.807) is 0 Å². The molecule has 0 unspecified atom stereocenters. The number of benzene rings is 2. The molecule has 0 aliphatic rings. The second-order valence-corrected chi connectivity index (χ2v) is 10.9. The van der Waals surface area contributed by atoms with Crippen LogP contribution in [-0.2, 0) is 12.8 Å². The van der Waals surface area contributed by atoms with E-state index in [4.69, 9.17) is 0 Å². The first-order chi connectivity index (χ1) is 11.1. The summed E-state index contributed by atoms with van der Waals surface area (Å²) in [4.78, 5) is 0. The number of hydrogen-bond acceptors (Lipinski definition) is 0. The summed E-state index contributed by atoms with van der Waals surface area (Å²) >= 11 is 27.3. The molecule has 0 saturated carbocycles. The molecule has 2 rings (SSSR count). The van der Waals surface area contributed by atoms with Gasteiger partial charge in [0.1, 0.15) is 0 Å². The zero-order chi connectivity index (χ0) is 18.3. The monoisotopic (exact) mass is 841 g/mol. The maximum Gasteiger partial charge on any atom is 0.175 e. The summed E-state index contributed by atoms with van der Waals surface area (Å²) < 4.78 is 32.8. The van der Waals surface area contributed by atoms with E-state index in [0.29, 0.717) is 22.9 Å². The van der Waals surface area contributed by atoms with Gasteiger partial charge in [0.15, 0.2) is 11.6 Å². The zero-order valence-electron chi connectivity index (χ0n) is 11.2. The molecule has 0 N–H and O–H groups in total. The number of halogens is 10. The van der Waals surface area contributed by atoms with Crippen LogP contribution in [0, 0.1) is 11.6 Å². The summed E-state index contributed by atoms with van der Waals surface area (Å²) in [5.41, 5.74) is 1.64. The van der Waals surface area contributed by atoms with E-state index in [-0.39, 0.29) is 8.95 Å². The van der Waals surface area contributed by atoms with Gasteiger partial charge in [0.05, 0.1) is 8.95 Å². The van der Waals surface area contributed by atoms with Crippen LogP contribution in [0.2, 0.25) is 0 Å². The van der Waals surface area contributed by atoms with E-state index in [2.05, 4.69) is 127 Å². The lowest BCUT2D eigenvalue weighted by Gasteiger charge is -2.16. The van der Waals surface area contributed by atoms with Crippen molar-refractivity contribution in [1.82, 2.24) is 0 Å². The Morgan fingerprint density at radius 3 is 1.17 bits per heavy atom. The first kappa shape index (κ1) is 22.4. The Kier molecular flexibility index (Phi) is 8.50. The SMILES string of the molecule is Fc1c(F)c(Br)c(CCc2c(Br)c(Br)c(Br)c(Br)c2Br)c(Br)c1Br. The van der Waals surface area contributed by atoms with Crippen molar-refractivity contribution in [2.75, 3.05) is 0 Å². The van der Waals surface area contributed by atoms with E-state index in [0.717, 1.165) is 27.9 Å². The fourth-order valence-electron chi connectivity index (χ4n) is 1.99. The van der Waals surface area contributed by atoms with E-state index in [9.17, 15) is 8.78 Å². The second kappa shape index (κ2) is 9.09. The minimum Gasteiger partial charge on any atom is -0.202 e. The predicted octanol–water partition coefficient (Wildman–Crippen LogP) is 9.85. The average Bonchev–Trinajstić information content (AvgIpc) is 2.57. The van der Waals surface area contributed by atoms with Gasteiger partial charge >= 0.3 is 0 Å². The van der Waals surface area contributed by atoms with Crippen molar-refractivity contribution in [1.29, 1.82) is 0 Å². The number of hydrogen-bond donors (Lipinski definition) is 0. The number of rotatable bonds is 3. The molecule has 0 spiro atoms. The van der Waals surface area contributed by atoms with E-state index in [1.165, 1.54) is 0 Å². The lowest BCUT2D eigenvalue weighted by atomic mass is 10.0. The highest BCUT2D eigenvalue weighted by Crippen LogP contribution is 2.45. The van der Waals surface area contributed by atoms with Gasteiger partial charge in [-0.25, -0.2) is 8.78 Å². The van der Waals surface area contributed by atoms with Crippen molar-refractivity contribution < 1.29 is 8.78 Å². The van der Waals surface area contributed by atoms with Gasteiger partial charge in [-0.2, -0.15) is 0 Å². The predicted molar refractivity (Wildman–Crippen MR) is 122 cm³/mol. The molecule has 0 saturated heterocycles. The van der Waals surface area contributed by atoms with Gasteiger partial charge < -0.3 is 0 Å². The molecule has 0 bridgehead atoms. The molecule has 0 aromatic heterocycles. The second-order valence-electron chi connectivity index (χ2n) is 4.60. The highest BCUT2D eigenvalue weighted by atomic mass is 79.9. The normalized spacial score (nSPS) is 11.2. The molecule has 0 aliphatic heterocycles. The zero-order valence-corrected chi connectivity index (χ0v) is 23.9. The maximum atomic E-state index is 14.0. The van der Waals surface area contributed by atoms with Crippen LogP contribution in [0.5, 0.6) is 0 Å². The largest absolute Gasteiger partial charge is 0.202 e. The van der Waals surface area contributed by atoms with Crippen molar-refractivity contribution in [3.8, 4) is 0 Å². The van der Waals surface area contributed by atoms with Gasteiger partial charge in [0.2, 0.25) is 0 Å². The van der Waals surface area contributed by atoms with Crippen molar-refractivity contribution in [2.45, 2.75) is 12.8 Å². The summed E-state index contributed by atoms with van der Waals surface area (Å²) in [6.07, 6.45) is 1.09. The molecule has 0 heterocycles. The molecular weight excluding hydrogens is 845 g/mol. The van der Waals surface area contributed by atoms with Crippen molar-refractivity contribution in [2.24, 2.45) is 0 Å². The van der Waals surface area contributed by atoms with E-state index in [1.807, 2.05) is 0 Å². The minimum atomic E-state index is -0.922. The van der Waals surface area contributed by atoms with Crippen molar-refractivity contribution in [3.63, 3.8) is 0 Å². The van der Waals surface area contributed by atoms with Gasteiger partial charge in [-0.15, -0.1) is 0 Å². The fraction of sp³-hybridized carbons (Fsp3) is 0.143. The third kappa shape index (κ3) is 4.25. The third-order valence-electron chi connectivity index (χ3n) is 3.23. The van der Waals surface area contributed by atoms with Crippen LogP contribution in [0.15, 0.2) is 35.8 Å². The summed E-state index contributed by atoms with van der Waals surface area (Å²) in [5, 5.41) is 0. The van der Waals surface area contributed by atoms with Gasteiger partial charge in [-0.05, 0) is 151 Å². The minimum absolute atomic E-state index is 0.0782. The van der Waals surface area contributed by atoms with Crippen molar-refractivity contribution in [3.05, 3.63) is 58.5 Å². The Hall–Kier alpha value is 2.14. The molecule has 2 aromatic rings. The Morgan fingerprint density at radius 1 is 0.417 bits per heavy atom. The molecule has 0 aliphatic carbocycles. The Morgan fingerprint density at radius 2 is 0.708 bits per heavy atom. The molecule has 2 aromatic carbocycles. The van der Waals surface area contributed by atoms with Crippen LogP contribution >= 0.6 is 127 Å². The van der Waals surface area contributed by atoms with E-state index < -0.39 is 11.6 Å². The molecule has 0 fully saturated rings. The van der Waals surface area contributed by atoms with Crippen LogP contribution in [0.3, 0.4) is 0 Å². The average molecular weight is 849 g/mol. The summed E-state index contributed by atoms with van der Waals surface area (Å²) in [5.74, 6) is -1.83. The lowest BCUT2D eigenvalue weighted by molar-refractivity contribution is 0.496. The standard InChI is InChI=1S/C14H4Br8F2/c15-5-3(6(16)10(20)11(21)9(5)19)1-2-4-7(17)12(22)14(24)13(23)8(4)18/h1-2H2. The van der Waals surface area contributed by atoms with Crippen molar-refractivity contribution >= 4 is 127 Å². The molecular formula is C14H4Br8F2. The summed E-state index contributed by atoms with van der Waals surface area (Å²) in [6.45, 7) is 0. The first-order valence-corrected chi connectivity index (χ1v) is 12.4. The van der Waals surface area contributed by atoms with Gasteiger partial charge in [-0.1, -0.05) is 0 Å². The molecule has 24 heavy (non-hydrogen) atoms. The molecule has 130 valence electrons. The highest BCUT2D eigenvalue weighted by Gasteiger charge is 2.22. The van der Waals surface area contributed by atoms with Crippen LogP contribution in [0.1, 0.15) is 11.1 Å². The molecule has 0 amide bonds. The first-order valence-electron chi connectivity index (χ1n) is 6.10. The molecule has 10 heteroatoms. The van der Waals surface area contributed by atoms with Crippen LogP contribution < -0.4 is 0 Å².